The van der Waals surface area contributed by atoms with Crippen LogP contribution in [0.5, 0.6) is 0 Å². The van der Waals surface area contributed by atoms with Crippen molar-refractivity contribution in [2.45, 2.75) is 60.8 Å². The fourth-order valence-corrected chi connectivity index (χ4v) is 4.84. The van der Waals surface area contributed by atoms with Gasteiger partial charge in [-0.25, -0.2) is 17.2 Å². The highest BCUT2D eigenvalue weighted by atomic mass is 32.2. The highest BCUT2D eigenvalue weighted by molar-refractivity contribution is 7.90. The molecule has 2 aromatic carbocycles. The standard InChI is InChI=1S/C24H24F5N3O3S/c1-22(25,26)13-19(21(31)33)32(23(14-30)11-12-23)20(24(27,28)29)17-5-3-15(4-6-17)16-7-9-18(10-8-16)36(2,34)35/h3-10,19-20H,11-13H2,1-2H3,(H2,31,33)/t19-,20-/m0/s1. The van der Waals surface area contributed by atoms with Crippen LogP contribution in [-0.2, 0) is 14.6 Å². The summed E-state index contributed by atoms with van der Waals surface area (Å²) in [6.07, 6.45) is -5.31. The molecule has 2 N–H and O–H groups in total. The molecule has 0 heterocycles. The largest absolute Gasteiger partial charge is 0.408 e. The van der Waals surface area contributed by atoms with Crippen LogP contribution in [0.4, 0.5) is 22.0 Å². The highest BCUT2D eigenvalue weighted by Crippen LogP contribution is 2.52. The predicted molar refractivity (Wildman–Crippen MR) is 121 cm³/mol. The Bertz CT molecular complexity index is 1260. The molecular formula is C24H24F5N3O3S. The van der Waals surface area contributed by atoms with E-state index in [2.05, 4.69) is 0 Å². The first kappa shape index (κ1) is 27.5. The van der Waals surface area contributed by atoms with Crippen molar-refractivity contribution in [2.75, 3.05) is 6.26 Å². The minimum Gasteiger partial charge on any atom is -0.368 e. The van der Waals surface area contributed by atoms with Crippen molar-refractivity contribution in [3.63, 3.8) is 0 Å². The first-order valence-corrected chi connectivity index (χ1v) is 12.7. The van der Waals surface area contributed by atoms with Gasteiger partial charge in [0.2, 0.25) is 11.8 Å². The maximum atomic E-state index is 14.4. The third-order valence-electron chi connectivity index (χ3n) is 6.07. The Labute approximate surface area is 205 Å². The lowest BCUT2D eigenvalue weighted by molar-refractivity contribution is -0.202. The molecule has 0 saturated heterocycles. The smallest absolute Gasteiger partial charge is 0.368 e. The number of alkyl halides is 5. The lowest BCUT2D eigenvalue weighted by Crippen LogP contribution is -2.57. The van der Waals surface area contributed by atoms with E-state index in [0.29, 0.717) is 23.0 Å². The Hall–Kier alpha value is -3.04. The zero-order valence-electron chi connectivity index (χ0n) is 19.4. The number of nitriles is 1. The first-order chi connectivity index (χ1) is 16.5. The second-order valence-electron chi connectivity index (χ2n) is 9.11. The number of hydrogen-bond acceptors (Lipinski definition) is 5. The van der Waals surface area contributed by atoms with Crippen LogP contribution in [-0.4, -0.2) is 49.2 Å². The molecule has 0 aliphatic heterocycles. The monoisotopic (exact) mass is 529 g/mol. The molecule has 6 nitrogen and oxygen atoms in total. The van der Waals surface area contributed by atoms with Gasteiger partial charge >= 0.3 is 6.18 Å². The highest BCUT2D eigenvalue weighted by Gasteiger charge is 2.61. The van der Waals surface area contributed by atoms with Gasteiger partial charge in [-0.15, -0.1) is 0 Å². The molecule has 0 bridgehead atoms. The van der Waals surface area contributed by atoms with Crippen LogP contribution in [0.15, 0.2) is 53.4 Å². The Balaban J connectivity index is 2.07. The van der Waals surface area contributed by atoms with Crippen molar-refractivity contribution in [3.8, 4) is 17.2 Å². The zero-order chi connectivity index (χ0) is 27.1. The van der Waals surface area contributed by atoms with Crippen LogP contribution in [0.2, 0.25) is 0 Å². The van der Waals surface area contributed by atoms with Gasteiger partial charge in [-0.3, -0.25) is 9.69 Å². The molecule has 0 unspecified atom stereocenters. The minimum absolute atomic E-state index is 0.0279. The summed E-state index contributed by atoms with van der Waals surface area (Å²) in [4.78, 5) is 12.7. The van der Waals surface area contributed by atoms with Crippen molar-refractivity contribution in [3.05, 3.63) is 54.1 Å². The van der Waals surface area contributed by atoms with Crippen molar-refractivity contribution < 1.29 is 35.2 Å². The summed E-state index contributed by atoms with van der Waals surface area (Å²) in [5, 5.41) is 9.65. The van der Waals surface area contributed by atoms with E-state index in [9.17, 15) is 40.4 Å². The quantitative estimate of drug-likeness (QED) is 0.478. The second-order valence-corrected chi connectivity index (χ2v) is 11.1. The van der Waals surface area contributed by atoms with Gasteiger partial charge in [0.25, 0.3) is 0 Å². The van der Waals surface area contributed by atoms with E-state index in [1.807, 2.05) is 0 Å². The fraction of sp³-hybridized carbons (Fsp3) is 0.417. The van der Waals surface area contributed by atoms with E-state index < -0.39 is 51.9 Å². The summed E-state index contributed by atoms with van der Waals surface area (Å²) in [6, 6.07) is 7.93. The average molecular weight is 530 g/mol. The van der Waals surface area contributed by atoms with Gasteiger partial charge in [0.05, 0.1) is 17.0 Å². The predicted octanol–water partition coefficient (Wildman–Crippen LogP) is 4.62. The van der Waals surface area contributed by atoms with Crippen LogP contribution < -0.4 is 5.73 Å². The number of carbonyl (C=O) groups excluding carboxylic acids is 1. The Morgan fingerprint density at radius 3 is 1.86 bits per heavy atom. The number of hydrogen-bond donors (Lipinski definition) is 1. The van der Waals surface area contributed by atoms with Gasteiger partial charge in [0, 0.05) is 12.7 Å². The van der Waals surface area contributed by atoms with E-state index in [1.165, 1.54) is 36.4 Å². The van der Waals surface area contributed by atoms with E-state index in [-0.39, 0.29) is 23.3 Å². The van der Waals surface area contributed by atoms with Crippen LogP contribution in [0.25, 0.3) is 11.1 Å². The molecule has 36 heavy (non-hydrogen) atoms. The van der Waals surface area contributed by atoms with Crippen molar-refractivity contribution in [2.24, 2.45) is 5.73 Å². The second kappa shape index (κ2) is 9.44. The van der Waals surface area contributed by atoms with Crippen LogP contribution >= 0.6 is 0 Å². The molecule has 1 amide bonds. The third kappa shape index (κ3) is 6.02. The average Bonchev–Trinajstić information content (AvgIpc) is 3.55. The summed E-state index contributed by atoms with van der Waals surface area (Å²) >= 11 is 0. The Morgan fingerprint density at radius 1 is 1.06 bits per heavy atom. The molecule has 1 saturated carbocycles. The number of rotatable bonds is 9. The van der Waals surface area contributed by atoms with Gasteiger partial charge in [-0.1, -0.05) is 36.4 Å². The molecular weight excluding hydrogens is 505 g/mol. The van der Waals surface area contributed by atoms with Crippen LogP contribution in [0, 0.1) is 11.3 Å². The molecule has 194 valence electrons. The summed E-state index contributed by atoms with van der Waals surface area (Å²) in [5.41, 5.74) is 4.18. The fourth-order valence-electron chi connectivity index (χ4n) is 4.21. The molecule has 1 aliphatic rings. The van der Waals surface area contributed by atoms with E-state index in [1.54, 1.807) is 6.07 Å². The summed E-state index contributed by atoms with van der Waals surface area (Å²) in [6.45, 7) is 0.472. The summed E-state index contributed by atoms with van der Waals surface area (Å²) in [7, 11) is -3.43. The topological polar surface area (TPSA) is 104 Å². The number of nitrogens with two attached hydrogens (primary N) is 1. The normalized spacial score (nSPS) is 17.3. The Kier molecular flexibility index (Phi) is 7.22. The molecule has 0 aromatic heterocycles. The van der Waals surface area contributed by atoms with Crippen molar-refractivity contribution >= 4 is 15.7 Å². The third-order valence-corrected chi connectivity index (χ3v) is 7.20. The van der Waals surface area contributed by atoms with E-state index in [4.69, 9.17) is 5.73 Å². The molecule has 1 aliphatic carbocycles. The number of nitrogens with zero attached hydrogens (tertiary/aromatic N) is 2. The Morgan fingerprint density at radius 2 is 1.53 bits per heavy atom. The number of primary amides is 1. The van der Waals surface area contributed by atoms with Crippen LogP contribution in [0.3, 0.4) is 0 Å². The molecule has 2 atom stereocenters. The lowest BCUT2D eigenvalue weighted by Gasteiger charge is -2.41. The summed E-state index contributed by atoms with van der Waals surface area (Å²) < 4.78 is 94.4. The molecule has 3 rings (SSSR count). The van der Waals surface area contributed by atoms with E-state index >= 15 is 0 Å². The molecule has 0 radical (unpaired) electrons. The summed E-state index contributed by atoms with van der Waals surface area (Å²) in [5.74, 6) is -4.89. The van der Waals surface area contributed by atoms with Gasteiger partial charge in [-0.05, 0) is 48.6 Å². The van der Waals surface area contributed by atoms with Gasteiger partial charge < -0.3 is 5.73 Å². The maximum Gasteiger partial charge on any atom is 0.408 e. The van der Waals surface area contributed by atoms with Crippen molar-refractivity contribution in [1.82, 2.24) is 4.90 Å². The lowest BCUT2D eigenvalue weighted by atomic mass is 9.94. The molecule has 0 spiro atoms. The molecule has 1 fully saturated rings. The number of sulfone groups is 1. The number of amides is 1. The van der Waals surface area contributed by atoms with Crippen LogP contribution in [0.1, 0.15) is 37.8 Å². The minimum atomic E-state index is -5.03. The maximum absolute atomic E-state index is 14.4. The van der Waals surface area contributed by atoms with Gasteiger partial charge in [0.1, 0.15) is 11.6 Å². The van der Waals surface area contributed by atoms with Gasteiger partial charge in [-0.2, -0.15) is 18.4 Å². The zero-order valence-corrected chi connectivity index (χ0v) is 20.2. The number of benzene rings is 2. The molecule has 12 heteroatoms. The van der Waals surface area contributed by atoms with Crippen molar-refractivity contribution in [1.29, 1.82) is 5.26 Å². The van der Waals surface area contributed by atoms with E-state index in [0.717, 1.165) is 18.4 Å². The SMILES string of the molecule is CC(F)(F)C[C@@H](C(N)=O)N([C@@H](c1ccc(-c2ccc(S(C)(=O)=O)cc2)cc1)C(F)(F)F)C1(C#N)CC1. The molecule has 2 aromatic rings. The number of carbonyl (C=O) groups is 1. The first-order valence-electron chi connectivity index (χ1n) is 10.8. The number of halogens is 5. The van der Waals surface area contributed by atoms with Gasteiger partial charge in [0.15, 0.2) is 9.84 Å².